The summed E-state index contributed by atoms with van der Waals surface area (Å²) in [5, 5.41) is 4.29. The van der Waals surface area contributed by atoms with Gasteiger partial charge >= 0.3 is 6.03 Å². The van der Waals surface area contributed by atoms with Crippen molar-refractivity contribution in [3.63, 3.8) is 0 Å². The average Bonchev–Trinajstić information content (AvgIpc) is 2.87. The van der Waals surface area contributed by atoms with E-state index in [0.717, 1.165) is 18.7 Å². The van der Waals surface area contributed by atoms with E-state index >= 15 is 0 Å². The molecule has 1 saturated heterocycles. The summed E-state index contributed by atoms with van der Waals surface area (Å²) in [7, 11) is 3.48. The highest BCUT2D eigenvalue weighted by atomic mass is 16.2. The van der Waals surface area contributed by atoms with Gasteiger partial charge in [-0.25, -0.2) is 4.79 Å². The van der Waals surface area contributed by atoms with Gasteiger partial charge in [-0.1, -0.05) is 6.92 Å². The van der Waals surface area contributed by atoms with Crippen molar-refractivity contribution < 1.29 is 9.59 Å². The summed E-state index contributed by atoms with van der Waals surface area (Å²) in [5.41, 5.74) is 1.58. The summed E-state index contributed by atoms with van der Waals surface area (Å²) in [6.07, 6.45) is 2.64. The molecular weight excluding hydrogens is 282 g/mol. The fraction of sp³-hybridized carbons (Fsp3) is 0.667. The number of aryl methyl sites for hydroxylation is 1. The number of hydrogen-bond acceptors (Lipinski definition) is 3. The van der Waals surface area contributed by atoms with Gasteiger partial charge in [-0.15, -0.1) is 0 Å². The maximum absolute atomic E-state index is 12.6. The molecule has 0 unspecified atom stereocenters. The van der Waals surface area contributed by atoms with Gasteiger partial charge in [-0.05, 0) is 13.3 Å². The van der Waals surface area contributed by atoms with E-state index in [2.05, 4.69) is 12.0 Å². The van der Waals surface area contributed by atoms with E-state index in [9.17, 15) is 9.59 Å². The lowest BCUT2D eigenvalue weighted by molar-refractivity contribution is 0.0649. The molecule has 0 aromatic carbocycles. The topological polar surface area (TPSA) is 61.7 Å². The van der Waals surface area contributed by atoms with Crippen LogP contribution in [0.25, 0.3) is 0 Å². The molecule has 0 aliphatic carbocycles. The Hall–Kier alpha value is -2.05. The smallest absolute Gasteiger partial charge is 0.319 e. The van der Waals surface area contributed by atoms with E-state index in [1.54, 1.807) is 35.0 Å². The molecular formula is C15H25N5O2. The van der Waals surface area contributed by atoms with Gasteiger partial charge in [0.2, 0.25) is 0 Å². The predicted octanol–water partition coefficient (Wildman–Crippen LogP) is 1.04. The number of carbonyl (C=O) groups excluding carboxylic acids is 2. The fourth-order valence-corrected chi connectivity index (χ4v) is 2.65. The number of carbonyl (C=O) groups is 2. The maximum Gasteiger partial charge on any atom is 0.319 e. The van der Waals surface area contributed by atoms with Gasteiger partial charge < -0.3 is 14.7 Å². The van der Waals surface area contributed by atoms with Crippen LogP contribution in [0.15, 0.2) is 6.20 Å². The Bertz CT molecular complexity index is 544. The first-order valence-electron chi connectivity index (χ1n) is 7.73. The second-order valence-electron chi connectivity index (χ2n) is 5.82. The number of amides is 3. The van der Waals surface area contributed by atoms with Crippen LogP contribution in [0.2, 0.25) is 0 Å². The van der Waals surface area contributed by atoms with Gasteiger partial charge in [-0.2, -0.15) is 5.10 Å². The summed E-state index contributed by atoms with van der Waals surface area (Å²) < 4.78 is 1.87. The van der Waals surface area contributed by atoms with Gasteiger partial charge in [0, 0.05) is 52.5 Å². The SMILES string of the molecule is CCCn1ncc(C(=O)N2CCN(C(=O)N(C)C)CC2)c1C. The Balaban J connectivity index is 1.99. The minimum atomic E-state index is -0.000884. The summed E-state index contributed by atoms with van der Waals surface area (Å²) in [5.74, 6) is 0.0109. The van der Waals surface area contributed by atoms with Crippen LogP contribution in [0.1, 0.15) is 29.4 Å². The molecule has 0 N–H and O–H groups in total. The highest BCUT2D eigenvalue weighted by Crippen LogP contribution is 2.13. The molecule has 1 aromatic heterocycles. The van der Waals surface area contributed by atoms with Crippen LogP contribution in [0.3, 0.4) is 0 Å². The summed E-state index contributed by atoms with van der Waals surface area (Å²) in [6.45, 7) is 7.12. The first-order chi connectivity index (χ1) is 10.5. The second-order valence-corrected chi connectivity index (χ2v) is 5.82. The first kappa shape index (κ1) is 16.3. The van der Waals surface area contributed by atoms with E-state index < -0.39 is 0 Å². The van der Waals surface area contributed by atoms with Crippen molar-refractivity contribution >= 4 is 11.9 Å². The van der Waals surface area contributed by atoms with Crippen LogP contribution in [0, 0.1) is 6.92 Å². The number of aromatic nitrogens is 2. The zero-order chi connectivity index (χ0) is 16.3. The zero-order valence-corrected chi connectivity index (χ0v) is 13.9. The van der Waals surface area contributed by atoms with E-state index in [0.29, 0.717) is 31.7 Å². The Kier molecular flexibility index (Phi) is 5.05. The largest absolute Gasteiger partial charge is 0.335 e. The summed E-state index contributed by atoms with van der Waals surface area (Å²) in [6, 6.07) is -0.000884. The van der Waals surface area contributed by atoms with Crippen molar-refractivity contribution in [2.24, 2.45) is 0 Å². The number of hydrogen-bond donors (Lipinski definition) is 0. The molecule has 1 aliphatic heterocycles. The molecule has 1 aliphatic rings. The molecule has 7 nitrogen and oxygen atoms in total. The minimum absolute atomic E-state index is 0.000884. The lowest BCUT2D eigenvalue weighted by Gasteiger charge is -2.35. The molecule has 22 heavy (non-hydrogen) atoms. The standard InChI is InChI=1S/C15H25N5O2/c1-5-6-20-12(2)13(11-16-20)14(21)18-7-9-19(10-8-18)15(22)17(3)4/h11H,5-10H2,1-4H3. The molecule has 1 aromatic rings. The quantitative estimate of drug-likeness (QED) is 0.838. The van der Waals surface area contributed by atoms with Crippen molar-refractivity contribution in [3.05, 3.63) is 17.5 Å². The van der Waals surface area contributed by atoms with Crippen LogP contribution in [0.4, 0.5) is 4.79 Å². The van der Waals surface area contributed by atoms with Crippen molar-refractivity contribution in [3.8, 4) is 0 Å². The highest BCUT2D eigenvalue weighted by Gasteiger charge is 2.27. The zero-order valence-electron chi connectivity index (χ0n) is 13.9. The molecule has 7 heteroatoms. The molecule has 0 atom stereocenters. The van der Waals surface area contributed by atoms with E-state index in [-0.39, 0.29) is 11.9 Å². The van der Waals surface area contributed by atoms with Gasteiger partial charge in [0.1, 0.15) is 0 Å². The van der Waals surface area contributed by atoms with Crippen LogP contribution < -0.4 is 0 Å². The number of rotatable bonds is 3. The summed E-state index contributed by atoms with van der Waals surface area (Å²) in [4.78, 5) is 29.7. The lowest BCUT2D eigenvalue weighted by atomic mass is 10.2. The molecule has 0 saturated carbocycles. The minimum Gasteiger partial charge on any atom is -0.335 e. The highest BCUT2D eigenvalue weighted by molar-refractivity contribution is 5.95. The molecule has 3 amide bonds. The van der Waals surface area contributed by atoms with E-state index in [1.807, 2.05) is 11.6 Å². The second kappa shape index (κ2) is 6.81. The van der Waals surface area contributed by atoms with Gasteiger partial charge in [-0.3, -0.25) is 9.48 Å². The Morgan fingerprint density at radius 1 is 1.18 bits per heavy atom. The monoisotopic (exact) mass is 307 g/mol. The molecule has 0 spiro atoms. The fourth-order valence-electron chi connectivity index (χ4n) is 2.65. The molecule has 0 bridgehead atoms. The Morgan fingerprint density at radius 2 is 1.77 bits per heavy atom. The van der Waals surface area contributed by atoms with Gasteiger partial charge in [0.25, 0.3) is 5.91 Å². The Morgan fingerprint density at radius 3 is 2.32 bits per heavy atom. The van der Waals surface area contributed by atoms with Crippen LogP contribution >= 0.6 is 0 Å². The maximum atomic E-state index is 12.6. The number of piperazine rings is 1. The predicted molar refractivity (Wildman–Crippen MR) is 83.8 cm³/mol. The third-order valence-corrected chi connectivity index (χ3v) is 3.99. The van der Waals surface area contributed by atoms with E-state index in [4.69, 9.17) is 0 Å². The van der Waals surface area contributed by atoms with Gasteiger partial charge in [0.05, 0.1) is 11.8 Å². The third kappa shape index (κ3) is 3.23. The summed E-state index contributed by atoms with van der Waals surface area (Å²) >= 11 is 0. The van der Waals surface area contributed by atoms with Gasteiger partial charge in [0.15, 0.2) is 0 Å². The lowest BCUT2D eigenvalue weighted by Crippen LogP contribution is -2.52. The van der Waals surface area contributed by atoms with Crippen LogP contribution in [-0.2, 0) is 6.54 Å². The molecule has 122 valence electrons. The van der Waals surface area contributed by atoms with Crippen molar-refractivity contribution in [1.29, 1.82) is 0 Å². The molecule has 1 fully saturated rings. The number of urea groups is 1. The molecule has 2 heterocycles. The molecule has 0 radical (unpaired) electrons. The van der Waals surface area contributed by atoms with Crippen molar-refractivity contribution in [2.45, 2.75) is 26.8 Å². The van der Waals surface area contributed by atoms with Crippen LogP contribution in [0.5, 0.6) is 0 Å². The number of nitrogens with zero attached hydrogens (tertiary/aromatic N) is 5. The third-order valence-electron chi connectivity index (χ3n) is 3.99. The molecule has 2 rings (SSSR count). The first-order valence-corrected chi connectivity index (χ1v) is 7.73. The Labute approximate surface area is 131 Å². The van der Waals surface area contributed by atoms with Crippen molar-refractivity contribution in [1.82, 2.24) is 24.5 Å². The van der Waals surface area contributed by atoms with Crippen LogP contribution in [-0.4, -0.2) is 76.7 Å². The van der Waals surface area contributed by atoms with Crippen molar-refractivity contribution in [2.75, 3.05) is 40.3 Å². The van der Waals surface area contributed by atoms with E-state index in [1.165, 1.54) is 0 Å². The average molecular weight is 307 g/mol. The normalized spacial score (nSPS) is 15.1.